The van der Waals surface area contributed by atoms with Crippen LogP contribution in [0, 0.1) is 13.8 Å². The highest BCUT2D eigenvalue weighted by Gasteiger charge is 2.16. The van der Waals surface area contributed by atoms with Crippen LogP contribution >= 0.6 is 30.3 Å². The highest BCUT2D eigenvalue weighted by atomic mass is 127. The van der Waals surface area contributed by atoms with Gasteiger partial charge in [-0.1, -0.05) is 0 Å². The number of hydrogen-bond donors (Lipinski definition) is 0. The summed E-state index contributed by atoms with van der Waals surface area (Å²) >= 11 is 2.21. The maximum Gasteiger partial charge on any atom is 0.175 e. The topological polar surface area (TPSA) is 39.1 Å². The molecule has 0 atom stereocenters. The molecule has 1 aromatic heterocycles. The Bertz CT molecular complexity index is 689. The molecule has 0 bridgehead atoms. The lowest BCUT2D eigenvalue weighted by Crippen LogP contribution is -2.01. The number of aryl methyl sites for hydroxylation is 2. The van der Waals surface area contributed by atoms with Crippen LogP contribution in [0.2, 0.25) is 0 Å². The van der Waals surface area contributed by atoms with Crippen molar-refractivity contribution in [2.75, 3.05) is 6.26 Å². The number of sulfone groups is 1. The van der Waals surface area contributed by atoms with Gasteiger partial charge in [0.15, 0.2) is 9.84 Å². The summed E-state index contributed by atoms with van der Waals surface area (Å²) in [6.07, 6.45) is 3.22. The van der Waals surface area contributed by atoms with Crippen LogP contribution < -0.4 is 0 Å². The Labute approximate surface area is 117 Å². The van der Waals surface area contributed by atoms with E-state index in [-0.39, 0.29) is 0 Å². The normalized spacial score (nSPS) is 12.2. The molecule has 0 spiro atoms. The van der Waals surface area contributed by atoms with Gasteiger partial charge >= 0.3 is 0 Å². The van der Waals surface area contributed by atoms with Crippen LogP contribution in [-0.2, 0) is 9.84 Å². The fourth-order valence-electron chi connectivity index (χ4n) is 2.05. The largest absolute Gasteiger partial charge is 0.282 e. The third-order valence-electron chi connectivity index (χ3n) is 2.82. The zero-order chi connectivity index (χ0) is 12.8. The predicted octanol–water partition coefficient (Wildman–Crippen LogP) is 3.51. The quantitative estimate of drug-likeness (QED) is 0.748. The van der Waals surface area contributed by atoms with Gasteiger partial charge in [0.1, 0.15) is 0 Å². The maximum atomic E-state index is 11.7. The Hall–Kier alpha value is -0.210. The number of benzene rings is 1. The molecule has 2 rings (SSSR count). The van der Waals surface area contributed by atoms with Gasteiger partial charge in [-0.15, -0.1) is 0 Å². The van der Waals surface area contributed by atoms with Gasteiger partial charge < -0.3 is 0 Å². The molecule has 0 aliphatic heterocycles. The molecule has 0 radical (unpaired) electrons. The van der Waals surface area contributed by atoms with E-state index in [0.29, 0.717) is 4.90 Å². The third kappa shape index (κ3) is 2.22. The number of hydrogen-bond acceptors (Lipinski definition) is 3. The number of fused-ring (bicyclic) bond motifs is 1. The molecule has 0 aliphatic carbocycles. The first-order valence-corrected chi connectivity index (χ1v) is 10.2. The SMILES string of the molecule is Cc1c(S(C)(=O)=O)cc(C)c2c1ccn2SI. The minimum absolute atomic E-state index is 0.429. The molecular formula is C11H12INO2S2. The van der Waals surface area contributed by atoms with E-state index in [4.69, 9.17) is 0 Å². The van der Waals surface area contributed by atoms with Gasteiger partial charge in [0.2, 0.25) is 0 Å². The first-order valence-electron chi connectivity index (χ1n) is 4.96. The van der Waals surface area contributed by atoms with Crippen LogP contribution in [0.4, 0.5) is 0 Å². The third-order valence-corrected chi connectivity index (χ3v) is 5.77. The van der Waals surface area contributed by atoms with Gasteiger partial charge in [-0.25, -0.2) is 8.42 Å². The zero-order valence-corrected chi connectivity index (χ0v) is 13.5. The van der Waals surface area contributed by atoms with E-state index < -0.39 is 9.84 Å². The highest BCUT2D eigenvalue weighted by Crippen LogP contribution is 2.32. The molecule has 0 unspecified atom stereocenters. The molecule has 92 valence electrons. The number of nitrogens with zero attached hydrogens (tertiary/aromatic N) is 1. The summed E-state index contributed by atoms with van der Waals surface area (Å²) in [6.45, 7) is 3.81. The van der Waals surface area contributed by atoms with E-state index in [9.17, 15) is 8.42 Å². The van der Waals surface area contributed by atoms with Crippen molar-refractivity contribution in [3.8, 4) is 0 Å². The van der Waals surface area contributed by atoms with E-state index >= 15 is 0 Å². The molecule has 0 saturated carbocycles. The zero-order valence-electron chi connectivity index (χ0n) is 9.69. The smallest absolute Gasteiger partial charge is 0.175 e. The van der Waals surface area contributed by atoms with Crippen LogP contribution in [0.5, 0.6) is 0 Å². The van der Waals surface area contributed by atoms with Gasteiger partial charge in [0.05, 0.1) is 10.4 Å². The lowest BCUT2D eigenvalue weighted by atomic mass is 10.1. The molecule has 0 amide bonds. The Balaban J connectivity index is 2.92. The minimum atomic E-state index is -3.16. The van der Waals surface area contributed by atoms with Crippen LogP contribution in [0.3, 0.4) is 0 Å². The Morgan fingerprint density at radius 1 is 1.35 bits per heavy atom. The second kappa shape index (κ2) is 4.47. The predicted molar refractivity (Wildman–Crippen MR) is 81.5 cm³/mol. The summed E-state index contributed by atoms with van der Waals surface area (Å²) in [7, 11) is -1.58. The minimum Gasteiger partial charge on any atom is -0.282 e. The Kier molecular flexibility index (Phi) is 3.48. The van der Waals surface area contributed by atoms with E-state index in [0.717, 1.165) is 22.0 Å². The molecule has 0 N–H and O–H groups in total. The van der Waals surface area contributed by atoms with E-state index in [1.807, 2.05) is 30.1 Å². The molecule has 0 aliphatic rings. The van der Waals surface area contributed by atoms with Crippen LogP contribution in [0.1, 0.15) is 11.1 Å². The summed E-state index contributed by atoms with van der Waals surface area (Å²) in [4.78, 5) is 0.429. The van der Waals surface area contributed by atoms with E-state index in [2.05, 4.69) is 21.2 Å². The van der Waals surface area contributed by atoms with Crippen molar-refractivity contribution < 1.29 is 8.42 Å². The second-order valence-corrected chi connectivity index (χ2v) is 7.76. The molecule has 0 saturated heterocycles. The van der Waals surface area contributed by atoms with E-state index in [1.165, 1.54) is 6.26 Å². The van der Waals surface area contributed by atoms with Crippen molar-refractivity contribution in [2.45, 2.75) is 18.7 Å². The summed E-state index contributed by atoms with van der Waals surface area (Å²) in [5, 5.41) is 1.01. The van der Waals surface area contributed by atoms with Crippen molar-refractivity contribution in [1.29, 1.82) is 0 Å². The molecule has 3 nitrogen and oxygen atoms in total. The maximum absolute atomic E-state index is 11.7. The van der Waals surface area contributed by atoms with E-state index in [1.54, 1.807) is 15.2 Å². The van der Waals surface area contributed by atoms with Crippen LogP contribution in [0.15, 0.2) is 23.2 Å². The molecule has 1 heterocycles. The number of rotatable bonds is 2. The van der Waals surface area contributed by atoms with Gasteiger partial charge in [0, 0.05) is 48.2 Å². The lowest BCUT2D eigenvalue weighted by Gasteiger charge is -2.09. The fourth-order valence-corrected chi connectivity index (χ4v) is 4.51. The molecule has 0 fully saturated rings. The average molecular weight is 381 g/mol. The van der Waals surface area contributed by atoms with Crippen LogP contribution in [0.25, 0.3) is 10.9 Å². The van der Waals surface area contributed by atoms with Gasteiger partial charge in [0.25, 0.3) is 0 Å². The van der Waals surface area contributed by atoms with Gasteiger partial charge in [-0.3, -0.25) is 3.97 Å². The molecule has 1 aromatic carbocycles. The highest BCUT2D eigenvalue weighted by molar-refractivity contribution is 14.2. The lowest BCUT2D eigenvalue weighted by molar-refractivity contribution is 0.601. The van der Waals surface area contributed by atoms with Gasteiger partial charge in [-0.05, 0) is 37.1 Å². The van der Waals surface area contributed by atoms with Crippen molar-refractivity contribution in [2.24, 2.45) is 0 Å². The van der Waals surface area contributed by atoms with Crippen molar-refractivity contribution >= 4 is 51.1 Å². The monoisotopic (exact) mass is 381 g/mol. The molecular weight excluding hydrogens is 369 g/mol. The summed E-state index contributed by atoms with van der Waals surface area (Å²) < 4.78 is 25.5. The average Bonchev–Trinajstić information content (AvgIpc) is 2.66. The number of halogens is 1. The van der Waals surface area contributed by atoms with Gasteiger partial charge in [-0.2, -0.15) is 0 Å². The van der Waals surface area contributed by atoms with Crippen LogP contribution in [-0.4, -0.2) is 18.6 Å². The summed E-state index contributed by atoms with van der Waals surface area (Å²) in [6, 6.07) is 3.73. The first-order chi connectivity index (χ1) is 7.86. The first kappa shape index (κ1) is 13.2. The van der Waals surface area contributed by atoms with Crippen molar-refractivity contribution in [1.82, 2.24) is 3.97 Å². The standard InChI is InChI=1S/C11H12INO2S2/c1-7-6-10(17(3,14)15)8(2)9-4-5-13(16-12)11(7)9/h4-6H,1-3H3. The van der Waals surface area contributed by atoms with Crippen molar-refractivity contribution in [3.05, 3.63) is 29.5 Å². The fraction of sp³-hybridized carbons (Fsp3) is 0.273. The second-order valence-electron chi connectivity index (χ2n) is 4.06. The Morgan fingerprint density at radius 3 is 2.53 bits per heavy atom. The Morgan fingerprint density at radius 2 is 2.00 bits per heavy atom. The van der Waals surface area contributed by atoms with Crippen molar-refractivity contribution in [3.63, 3.8) is 0 Å². The molecule has 17 heavy (non-hydrogen) atoms. The summed E-state index contributed by atoms with van der Waals surface area (Å²) in [5.41, 5.74) is 2.91. The summed E-state index contributed by atoms with van der Waals surface area (Å²) in [5.74, 6) is 0. The number of aromatic nitrogens is 1. The molecule has 2 aromatic rings. The molecule has 6 heteroatoms.